The molecule has 0 aromatic carbocycles. The van der Waals surface area contributed by atoms with Gasteiger partial charge >= 0.3 is 5.97 Å². The summed E-state index contributed by atoms with van der Waals surface area (Å²) in [7, 11) is 1.43. The third kappa shape index (κ3) is 6.53. The van der Waals surface area contributed by atoms with Gasteiger partial charge in [-0.1, -0.05) is 81.9 Å². The molecule has 0 saturated heterocycles. The number of ether oxygens (including phenoxy) is 1. The zero-order valence-corrected chi connectivity index (χ0v) is 35.3. The summed E-state index contributed by atoms with van der Waals surface area (Å²) < 4.78 is 4.97. The summed E-state index contributed by atoms with van der Waals surface area (Å²) >= 11 is 0. The van der Waals surface area contributed by atoms with Crippen molar-refractivity contribution in [2.45, 2.75) is 143 Å². The van der Waals surface area contributed by atoms with Crippen LogP contribution in [0.3, 0.4) is 0 Å². The van der Waals surface area contributed by atoms with Crippen LogP contribution in [-0.2, 0) is 19.1 Å². The van der Waals surface area contributed by atoms with Gasteiger partial charge in [-0.25, -0.2) is 0 Å². The number of carbonyl (C=O) groups is 3. The zero-order chi connectivity index (χ0) is 39.8. The van der Waals surface area contributed by atoms with Crippen LogP contribution in [0, 0.1) is 69.0 Å². The Morgan fingerprint density at radius 1 is 0.857 bits per heavy atom. The minimum Gasteiger partial charge on any atom is -0.469 e. The fraction of sp³-hybridized carbons (Fsp3) is 0.735. The Morgan fingerprint density at radius 3 is 2.32 bits per heavy atom. The number of nitrogens with one attached hydrogen (secondary N) is 2. The number of hydrogen-bond donors (Lipinski definition) is 3. The van der Waals surface area contributed by atoms with Gasteiger partial charge in [0.15, 0.2) is 0 Å². The molecule has 8 aliphatic carbocycles. The fourth-order valence-electron chi connectivity index (χ4n) is 15.1. The molecule has 2 amide bonds. The average Bonchev–Trinajstić information content (AvgIpc) is 3.79. The number of hydrogen-bond acceptors (Lipinski definition) is 5. The molecule has 0 aromatic heterocycles. The van der Waals surface area contributed by atoms with Crippen LogP contribution in [-0.4, -0.2) is 48.2 Å². The molecule has 12 unspecified atom stereocenters. The van der Waals surface area contributed by atoms with Gasteiger partial charge in [-0.05, 0) is 161 Å². The van der Waals surface area contributed by atoms with Crippen LogP contribution in [0.4, 0.5) is 0 Å². The number of allylic oxidation sites excluding steroid dienone is 5. The maximum atomic E-state index is 14.8. The predicted molar refractivity (Wildman–Crippen MR) is 221 cm³/mol. The van der Waals surface area contributed by atoms with Crippen LogP contribution in [0.1, 0.15) is 131 Å². The molecule has 306 valence electrons. The maximum Gasteiger partial charge on any atom is 0.312 e. The smallest absolute Gasteiger partial charge is 0.312 e. The molecule has 7 nitrogen and oxygen atoms in total. The van der Waals surface area contributed by atoms with Gasteiger partial charge in [0.05, 0.1) is 24.5 Å². The largest absolute Gasteiger partial charge is 0.469 e. The molecule has 0 radical (unpaired) electrons. The van der Waals surface area contributed by atoms with Crippen LogP contribution >= 0.6 is 0 Å². The van der Waals surface area contributed by atoms with E-state index in [1.54, 1.807) is 0 Å². The molecule has 6 saturated carbocycles. The van der Waals surface area contributed by atoms with E-state index in [0.717, 1.165) is 63.4 Å². The number of aliphatic hydroxyl groups excluding tert-OH is 1. The summed E-state index contributed by atoms with van der Waals surface area (Å²) in [5.74, 6) is 2.92. The highest BCUT2D eigenvalue weighted by Gasteiger charge is 2.68. The van der Waals surface area contributed by atoms with Gasteiger partial charge in [0.1, 0.15) is 0 Å². The summed E-state index contributed by atoms with van der Waals surface area (Å²) in [5.41, 5.74) is 3.07. The standard InChI is InChI=1S/C49H70N2O5/c1-30(2)35-16-22-49(23-17-37-36(41(35)49)14-15-39-46(37,5)20-18-38-45(3,4)40(52)19-21-47(38,39)6)44(55)50-29-32-11-9-12-33(27-32)42(53)51-48(24-25-48)28-31-10-8-13-34(26-31)43(54)56-7/h8-13,32,34-41,52H,1,14-29H2,2-7H3,(H,50,55)(H,51,53). The summed E-state index contributed by atoms with van der Waals surface area (Å²) in [6, 6.07) is 0. The molecule has 12 atom stereocenters. The van der Waals surface area contributed by atoms with Gasteiger partial charge in [0.25, 0.3) is 0 Å². The van der Waals surface area contributed by atoms with Crippen molar-refractivity contribution in [2.75, 3.05) is 13.7 Å². The number of aliphatic hydroxyl groups is 1. The van der Waals surface area contributed by atoms with Crippen molar-refractivity contribution in [3.63, 3.8) is 0 Å². The molecule has 6 fully saturated rings. The number of fused-ring (bicyclic) bond motifs is 7. The first-order valence-electron chi connectivity index (χ1n) is 22.3. The topological polar surface area (TPSA) is 105 Å². The fourth-order valence-corrected chi connectivity index (χ4v) is 15.1. The Labute approximate surface area is 336 Å². The van der Waals surface area contributed by atoms with E-state index in [1.165, 1.54) is 43.9 Å². The predicted octanol–water partition coefficient (Wildman–Crippen LogP) is 8.95. The molecule has 8 rings (SSSR count). The second kappa shape index (κ2) is 14.4. The van der Waals surface area contributed by atoms with Gasteiger partial charge in [-0.2, -0.15) is 0 Å². The van der Waals surface area contributed by atoms with Crippen molar-refractivity contribution < 1.29 is 24.2 Å². The molecular weight excluding hydrogens is 697 g/mol. The van der Waals surface area contributed by atoms with E-state index in [2.05, 4.69) is 64.0 Å². The van der Waals surface area contributed by atoms with E-state index < -0.39 is 0 Å². The minimum atomic E-state index is -0.353. The number of amides is 2. The highest BCUT2D eigenvalue weighted by atomic mass is 16.5. The lowest BCUT2D eigenvalue weighted by Crippen LogP contribution is -2.64. The van der Waals surface area contributed by atoms with E-state index in [-0.39, 0.29) is 62.9 Å². The minimum absolute atomic E-state index is 0.0170. The Balaban J connectivity index is 0.916. The van der Waals surface area contributed by atoms with Crippen LogP contribution in [0.5, 0.6) is 0 Å². The van der Waals surface area contributed by atoms with Gasteiger partial charge in [0.2, 0.25) is 11.8 Å². The van der Waals surface area contributed by atoms with Crippen molar-refractivity contribution >= 4 is 17.8 Å². The Hall–Kier alpha value is -2.93. The van der Waals surface area contributed by atoms with Crippen LogP contribution in [0.25, 0.3) is 0 Å². The first-order chi connectivity index (χ1) is 26.6. The van der Waals surface area contributed by atoms with Gasteiger partial charge < -0.3 is 20.5 Å². The number of rotatable bonds is 9. The summed E-state index contributed by atoms with van der Waals surface area (Å²) in [5, 5.41) is 18.0. The highest BCUT2D eigenvalue weighted by Crippen LogP contribution is 2.73. The van der Waals surface area contributed by atoms with Gasteiger partial charge in [-0.3, -0.25) is 14.4 Å². The van der Waals surface area contributed by atoms with Gasteiger partial charge in [0, 0.05) is 17.7 Å². The van der Waals surface area contributed by atoms with Crippen molar-refractivity contribution in [1.29, 1.82) is 0 Å². The number of methoxy groups -OCH3 is 1. The molecule has 3 N–H and O–H groups in total. The van der Waals surface area contributed by atoms with Crippen molar-refractivity contribution in [2.24, 2.45) is 69.0 Å². The third-order valence-electron chi connectivity index (χ3n) is 18.1. The lowest BCUT2D eigenvalue weighted by atomic mass is 9.36. The first-order valence-corrected chi connectivity index (χ1v) is 22.3. The molecule has 0 bridgehead atoms. The molecule has 0 heterocycles. The number of carbonyl (C=O) groups excluding carboxylic acids is 3. The van der Waals surface area contributed by atoms with Crippen molar-refractivity contribution in [3.8, 4) is 0 Å². The third-order valence-corrected chi connectivity index (χ3v) is 18.1. The molecular formula is C49H70N2O5. The molecule has 0 spiro atoms. The summed E-state index contributed by atoms with van der Waals surface area (Å²) in [4.78, 5) is 40.6. The van der Waals surface area contributed by atoms with E-state index in [9.17, 15) is 19.5 Å². The molecule has 0 aliphatic heterocycles. The average molecular weight is 767 g/mol. The second-order valence-corrected chi connectivity index (χ2v) is 21.3. The summed E-state index contributed by atoms with van der Waals surface area (Å²) in [6.07, 6.45) is 26.7. The number of esters is 1. The Kier molecular flexibility index (Phi) is 10.3. The first kappa shape index (κ1) is 39.9. The van der Waals surface area contributed by atoms with E-state index in [0.29, 0.717) is 54.9 Å². The summed E-state index contributed by atoms with van der Waals surface area (Å²) in [6.45, 7) is 17.2. The maximum absolute atomic E-state index is 14.8. The van der Waals surface area contributed by atoms with E-state index in [1.807, 2.05) is 24.3 Å². The van der Waals surface area contributed by atoms with Crippen molar-refractivity contribution in [1.82, 2.24) is 10.6 Å². The lowest BCUT2D eigenvalue weighted by molar-refractivity contribution is -0.216. The molecule has 56 heavy (non-hydrogen) atoms. The van der Waals surface area contributed by atoms with Crippen LogP contribution in [0.2, 0.25) is 0 Å². The second-order valence-electron chi connectivity index (χ2n) is 21.3. The van der Waals surface area contributed by atoms with E-state index >= 15 is 0 Å². The molecule has 7 heteroatoms. The van der Waals surface area contributed by atoms with Crippen LogP contribution in [0.15, 0.2) is 59.8 Å². The quantitative estimate of drug-likeness (QED) is 0.161. The highest BCUT2D eigenvalue weighted by molar-refractivity contribution is 5.95. The Bertz CT molecular complexity index is 1750. The van der Waals surface area contributed by atoms with E-state index in [4.69, 9.17) is 4.74 Å². The lowest BCUT2D eigenvalue weighted by Gasteiger charge is -2.69. The SMILES string of the molecule is C=C(C)C1CCC2(C(=O)NCC3C=CC=C(C(=O)NC4(CC5=CC=CC(C(=O)OC)C5)CC4)C3)CCC3C(CCC4C3(C)CCC3C(C)(C)C(O)CCC34C)C12. The van der Waals surface area contributed by atoms with Gasteiger partial charge in [-0.15, -0.1) is 0 Å². The molecule has 0 aromatic rings. The molecule has 8 aliphatic rings. The Morgan fingerprint density at radius 2 is 1.59 bits per heavy atom. The van der Waals surface area contributed by atoms with Crippen LogP contribution < -0.4 is 10.6 Å². The normalized spacial score (nSPS) is 42.7. The monoisotopic (exact) mass is 767 g/mol. The van der Waals surface area contributed by atoms with Crippen molar-refractivity contribution in [3.05, 3.63) is 59.8 Å². The zero-order valence-electron chi connectivity index (χ0n) is 35.3.